The average Bonchev–Trinajstić information content (AvgIpc) is 3.31. The molecule has 0 bridgehead atoms. The molecule has 2 aromatic carbocycles. The molecule has 0 aliphatic carbocycles. The molecule has 184 valence electrons. The van der Waals surface area contributed by atoms with Gasteiger partial charge >= 0.3 is 0 Å². The molecule has 3 aromatic rings. The van der Waals surface area contributed by atoms with Crippen LogP contribution in [0.1, 0.15) is 35.3 Å². The summed E-state index contributed by atoms with van der Waals surface area (Å²) in [6, 6.07) is 12.3. The van der Waals surface area contributed by atoms with Crippen molar-refractivity contribution in [1.29, 1.82) is 0 Å². The maximum atomic E-state index is 13.7. The Hall–Kier alpha value is -3.50. The first-order chi connectivity index (χ1) is 17.1. The van der Waals surface area contributed by atoms with Gasteiger partial charge in [0.2, 0.25) is 5.91 Å². The van der Waals surface area contributed by atoms with Crippen molar-refractivity contribution in [3.63, 3.8) is 0 Å². The molecule has 1 amide bonds. The molecule has 2 aliphatic heterocycles. The molecule has 2 unspecified atom stereocenters. The van der Waals surface area contributed by atoms with Crippen LogP contribution in [0.4, 0.5) is 4.39 Å². The summed E-state index contributed by atoms with van der Waals surface area (Å²) in [5, 5.41) is 14.9. The number of benzene rings is 2. The minimum absolute atomic E-state index is 0.0342. The number of nitrogens with one attached hydrogen (secondary N) is 2. The van der Waals surface area contributed by atoms with Gasteiger partial charge in [0.05, 0.1) is 37.7 Å². The Labute approximate surface area is 203 Å². The van der Waals surface area contributed by atoms with E-state index in [0.29, 0.717) is 30.9 Å². The zero-order valence-electron chi connectivity index (χ0n) is 19.6. The van der Waals surface area contributed by atoms with E-state index >= 15 is 0 Å². The number of para-hydroxylation sites is 1. The van der Waals surface area contributed by atoms with Crippen LogP contribution in [-0.4, -0.2) is 59.2 Å². The minimum Gasteiger partial charge on any atom is -0.496 e. The SMILES string of the molecule is COc1ccccc1C1CNCCN1Cc1cn(CC(=O)NC2CCOc3ccc(F)cc32)nn1. The van der Waals surface area contributed by atoms with E-state index in [1.54, 1.807) is 19.4 Å². The third-order valence-electron chi connectivity index (χ3n) is 6.46. The van der Waals surface area contributed by atoms with E-state index in [2.05, 4.69) is 31.9 Å². The zero-order valence-corrected chi connectivity index (χ0v) is 19.6. The van der Waals surface area contributed by atoms with Crippen LogP contribution in [-0.2, 0) is 17.9 Å². The number of hydrogen-bond acceptors (Lipinski definition) is 7. The van der Waals surface area contributed by atoms with Crippen molar-refractivity contribution in [1.82, 2.24) is 30.5 Å². The molecule has 1 saturated heterocycles. The highest BCUT2D eigenvalue weighted by Crippen LogP contribution is 2.33. The number of rotatable bonds is 7. The van der Waals surface area contributed by atoms with E-state index in [1.165, 1.54) is 16.8 Å². The van der Waals surface area contributed by atoms with Gasteiger partial charge in [0, 0.05) is 43.7 Å². The van der Waals surface area contributed by atoms with Crippen molar-refractivity contribution < 1.29 is 18.7 Å². The van der Waals surface area contributed by atoms with Crippen LogP contribution in [0.5, 0.6) is 11.5 Å². The quantitative estimate of drug-likeness (QED) is 0.536. The number of carbonyl (C=O) groups excluding carboxylic acids is 1. The Kier molecular flexibility index (Phi) is 6.91. The van der Waals surface area contributed by atoms with Gasteiger partial charge in [0.15, 0.2) is 0 Å². The van der Waals surface area contributed by atoms with Gasteiger partial charge in [-0.3, -0.25) is 9.69 Å². The predicted molar refractivity (Wildman–Crippen MR) is 126 cm³/mol. The first kappa shape index (κ1) is 23.3. The van der Waals surface area contributed by atoms with Gasteiger partial charge in [-0.25, -0.2) is 9.07 Å². The summed E-state index contributed by atoms with van der Waals surface area (Å²) >= 11 is 0. The van der Waals surface area contributed by atoms with Gasteiger partial charge < -0.3 is 20.1 Å². The molecule has 2 aliphatic rings. The summed E-state index contributed by atoms with van der Waals surface area (Å²) in [6.45, 7) is 3.66. The van der Waals surface area contributed by atoms with Crippen molar-refractivity contribution in [3.8, 4) is 11.5 Å². The van der Waals surface area contributed by atoms with E-state index in [0.717, 1.165) is 36.6 Å². The van der Waals surface area contributed by atoms with E-state index in [4.69, 9.17) is 9.47 Å². The topological polar surface area (TPSA) is 93.5 Å². The number of fused-ring (bicyclic) bond motifs is 1. The van der Waals surface area contributed by atoms with Gasteiger partial charge in [-0.2, -0.15) is 0 Å². The lowest BCUT2D eigenvalue weighted by atomic mass is 10.0. The Bertz CT molecular complexity index is 1190. The van der Waals surface area contributed by atoms with Gasteiger partial charge in [-0.15, -0.1) is 5.10 Å². The van der Waals surface area contributed by atoms with E-state index in [1.807, 2.05) is 18.2 Å². The van der Waals surface area contributed by atoms with Crippen LogP contribution in [0.25, 0.3) is 0 Å². The Morgan fingerprint density at radius 1 is 1.29 bits per heavy atom. The smallest absolute Gasteiger partial charge is 0.242 e. The van der Waals surface area contributed by atoms with Gasteiger partial charge in [0.1, 0.15) is 23.9 Å². The van der Waals surface area contributed by atoms with Crippen molar-refractivity contribution in [3.05, 3.63) is 71.3 Å². The van der Waals surface area contributed by atoms with Crippen LogP contribution < -0.4 is 20.1 Å². The molecular formula is C25H29FN6O3. The largest absolute Gasteiger partial charge is 0.496 e. The molecule has 5 rings (SSSR count). The molecular weight excluding hydrogens is 451 g/mol. The molecule has 3 heterocycles. The molecule has 0 radical (unpaired) electrons. The van der Waals surface area contributed by atoms with E-state index < -0.39 is 0 Å². The lowest BCUT2D eigenvalue weighted by molar-refractivity contribution is -0.122. The van der Waals surface area contributed by atoms with Crippen LogP contribution in [0.15, 0.2) is 48.7 Å². The molecule has 2 N–H and O–H groups in total. The molecule has 2 atom stereocenters. The summed E-state index contributed by atoms with van der Waals surface area (Å²) in [6.07, 6.45) is 2.39. The number of carbonyl (C=O) groups is 1. The average molecular weight is 481 g/mol. The summed E-state index contributed by atoms with van der Waals surface area (Å²) in [5.74, 6) is 0.902. The number of nitrogens with zero attached hydrogens (tertiary/aromatic N) is 4. The molecule has 1 fully saturated rings. The molecule has 0 spiro atoms. The lowest BCUT2D eigenvalue weighted by Gasteiger charge is -2.36. The fourth-order valence-corrected chi connectivity index (χ4v) is 4.78. The number of hydrogen-bond donors (Lipinski definition) is 2. The summed E-state index contributed by atoms with van der Waals surface area (Å²) in [5.41, 5.74) is 2.57. The zero-order chi connectivity index (χ0) is 24.2. The normalized spacial score (nSPS) is 20.1. The minimum atomic E-state index is -0.353. The van der Waals surface area contributed by atoms with Gasteiger partial charge in [0.25, 0.3) is 0 Å². The second kappa shape index (κ2) is 10.4. The van der Waals surface area contributed by atoms with Crippen LogP contribution >= 0.6 is 0 Å². The monoisotopic (exact) mass is 480 g/mol. The van der Waals surface area contributed by atoms with Gasteiger partial charge in [-0.1, -0.05) is 23.4 Å². The number of amides is 1. The third-order valence-corrected chi connectivity index (χ3v) is 6.46. The predicted octanol–water partition coefficient (Wildman–Crippen LogP) is 2.21. The number of ether oxygens (including phenoxy) is 2. The molecule has 0 saturated carbocycles. The van der Waals surface area contributed by atoms with Crippen molar-refractivity contribution >= 4 is 5.91 Å². The summed E-state index contributed by atoms with van der Waals surface area (Å²) in [7, 11) is 1.69. The highest BCUT2D eigenvalue weighted by Gasteiger charge is 2.27. The second-order valence-electron chi connectivity index (χ2n) is 8.78. The Balaban J connectivity index is 1.22. The first-order valence-electron chi connectivity index (χ1n) is 11.8. The molecule has 1 aromatic heterocycles. The number of piperazine rings is 1. The Morgan fingerprint density at radius 2 is 2.17 bits per heavy atom. The maximum Gasteiger partial charge on any atom is 0.242 e. The fourth-order valence-electron chi connectivity index (χ4n) is 4.78. The van der Waals surface area contributed by atoms with Crippen LogP contribution in [0, 0.1) is 5.82 Å². The second-order valence-corrected chi connectivity index (χ2v) is 8.78. The van der Waals surface area contributed by atoms with Crippen LogP contribution in [0.3, 0.4) is 0 Å². The fraction of sp³-hybridized carbons (Fsp3) is 0.400. The lowest BCUT2D eigenvalue weighted by Crippen LogP contribution is -2.45. The number of methoxy groups -OCH3 is 1. The van der Waals surface area contributed by atoms with E-state index in [9.17, 15) is 9.18 Å². The van der Waals surface area contributed by atoms with E-state index in [-0.39, 0.29) is 30.4 Å². The van der Waals surface area contributed by atoms with Gasteiger partial charge in [-0.05, 0) is 24.3 Å². The summed E-state index contributed by atoms with van der Waals surface area (Å²) < 4.78 is 26.4. The Morgan fingerprint density at radius 3 is 3.06 bits per heavy atom. The standard InChI is InChI=1S/C25H29FN6O3/c1-34-23-5-3-2-4-19(23)22-13-27-9-10-31(22)14-18-15-32(30-29-18)16-25(33)28-21-8-11-35-24-7-6-17(26)12-20(21)24/h2-7,12,15,21-22,27H,8-11,13-14,16H2,1H3,(H,28,33). The number of aromatic nitrogens is 3. The highest BCUT2D eigenvalue weighted by molar-refractivity contribution is 5.76. The number of halogens is 1. The van der Waals surface area contributed by atoms with Crippen molar-refractivity contribution in [2.75, 3.05) is 33.4 Å². The molecule has 35 heavy (non-hydrogen) atoms. The van der Waals surface area contributed by atoms with Crippen molar-refractivity contribution in [2.24, 2.45) is 0 Å². The van der Waals surface area contributed by atoms with Crippen LogP contribution in [0.2, 0.25) is 0 Å². The first-order valence-corrected chi connectivity index (χ1v) is 11.8. The molecule has 10 heteroatoms. The molecule has 9 nitrogen and oxygen atoms in total. The maximum absolute atomic E-state index is 13.7. The highest BCUT2D eigenvalue weighted by atomic mass is 19.1. The van der Waals surface area contributed by atoms with Crippen molar-refractivity contribution in [2.45, 2.75) is 31.6 Å². The third kappa shape index (κ3) is 5.28. The summed E-state index contributed by atoms with van der Waals surface area (Å²) in [4.78, 5) is 15.1.